The Kier molecular flexibility index (Phi) is 21.7. The Balaban J connectivity index is 1.39. The number of hydrogen-bond donors (Lipinski definition) is 10. The number of thioether (sulfide) groups is 1. The molecule has 0 saturated carbocycles. The summed E-state index contributed by atoms with van der Waals surface area (Å²) >= 11 is 0.688. The number of hydrogen-bond acceptors (Lipinski definition) is 15. The number of aromatic hydroxyl groups is 2. The van der Waals surface area contributed by atoms with Crippen LogP contribution in [0.4, 0.5) is 0 Å². The normalized spacial score (nSPS) is 26.4. The van der Waals surface area contributed by atoms with Crippen molar-refractivity contribution in [3.63, 3.8) is 0 Å². The molecule has 2 unspecified atom stereocenters. The third kappa shape index (κ3) is 15.4. The predicted octanol–water partition coefficient (Wildman–Crippen LogP) is 3.86. The summed E-state index contributed by atoms with van der Waals surface area (Å²) in [7, 11) is 0. The molecular formula is C44H68N2O14S. The van der Waals surface area contributed by atoms with Gasteiger partial charge in [0.2, 0.25) is 0 Å². The summed E-state index contributed by atoms with van der Waals surface area (Å²) in [6.45, 7) is 3.65. The average molecular weight is 881 g/mol. The van der Waals surface area contributed by atoms with Crippen molar-refractivity contribution >= 4 is 23.6 Å². The number of unbranched alkanes of at least 4 members (excludes halogenated alkanes) is 12. The van der Waals surface area contributed by atoms with Gasteiger partial charge in [0.15, 0.2) is 0 Å². The lowest BCUT2D eigenvalue weighted by atomic mass is 9.96. The fraction of sp³-hybridized carbons (Fsp3) is 0.682. The van der Waals surface area contributed by atoms with E-state index >= 15 is 0 Å². The number of amides is 2. The summed E-state index contributed by atoms with van der Waals surface area (Å²) in [5.41, 5.74) is -2.78. The van der Waals surface area contributed by atoms with Crippen LogP contribution >= 0.6 is 11.8 Å². The zero-order valence-corrected chi connectivity index (χ0v) is 36.2. The highest BCUT2D eigenvalue weighted by molar-refractivity contribution is 8.00. The number of nitrogens with one attached hydrogen (secondary N) is 2. The van der Waals surface area contributed by atoms with E-state index < -0.39 is 84.6 Å². The molecule has 2 aliphatic heterocycles. The molecule has 2 aliphatic rings. The van der Waals surface area contributed by atoms with Crippen molar-refractivity contribution < 1.29 is 69.4 Å². The third-order valence-corrected chi connectivity index (χ3v) is 12.3. The summed E-state index contributed by atoms with van der Waals surface area (Å²) in [6.07, 6.45) is 6.00. The predicted molar refractivity (Wildman–Crippen MR) is 229 cm³/mol. The Morgan fingerprint density at radius 1 is 0.557 bits per heavy atom. The number of carbonyl (C=O) groups excluding carboxylic acids is 2. The van der Waals surface area contributed by atoms with Crippen molar-refractivity contribution in [2.75, 3.05) is 26.4 Å². The maximum Gasteiger partial charge on any atom is 0.251 e. The van der Waals surface area contributed by atoms with Gasteiger partial charge in [-0.25, -0.2) is 0 Å². The van der Waals surface area contributed by atoms with Crippen molar-refractivity contribution in [2.45, 2.75) is 163 Å². The first-order valence-electron chi connectivity index (χ1n) is 21.9. The van der Waals surface area contributed by atoms with Crippen LogP contribution in [0, 0.1) is 0 Å². The fourth-order valence-electron chi connectivity index (χ4n) is 7.44. The minimum absolute atomic E-state index is 0.0202. The van der Waals surface area contributed by atoms with Gasteiger partial charge in [0.05, 0.1) is 38.5 Å². The second-order valence-corrected chi connectivity index (χ2v) is 17.1. The molecule has 10 N–H and O–H groups in total. The summed E-state index contributed by atoms with van der Waals surface area (Å²) in [6, 6.07) is 5.14. The van der Waals surface area contributed by atoms with Gasteiger partial charge < -0.3 is 70.4 Å². The van der Waals surface area contributed by atoms with E-state index in [2.05, 4.69) is 24.5 Å². The van der Waals surface area contributed by atoms with E-state index in [-0.39, 0.29) is 34.1 Å². The number of phenolic OH excluding ortho intramolecular Hbond substituents is 2. The third-order valence-electron chi connectivity index (χ3n) is 11.0. The van der Waals surface area contributed by atoms with Gasteiger partial charge in [-0.1, -0.05) is 103 Å². The van der Waals surface area contributed by atoms with Gasteiger partial charge >= 0.3 is 0 Å². The van der Waals surface area contributed by atoms with Gasteiger partial charge in [0.1, 0.15) is 70.5 Å². The first-order valence-corrected chi connectivity index (χ1v) is 22.8. The van der Waals surface area contributed by atoms with E-state index in [0.717, 1.165) is 51.4 Å². The lowest BCUT2D eigenvalue weighted by molar-refractivity contribution is -0.175. The monoisotopic (exact) mass is 880 g/mol. The number of benzene rings is 2. The molecule has 61 heavy (non-hydrogen) atoms. The van der Waals surface area contributed by atoms with E-state index in [0.29, 0.717) is 25.0 Å². The average Bonchev–Trinajstić information content (AvgIpc) is 3.24. The van der Waals surface area contributed by atoms with Gasteiger partial charge in [-0.3, -0.25) is 9.59 Å². The summed E-state index contributed by atoms with van der Waals surface area (Å²) in [5, 5.41) is 91.1. The minimum Gasteiger partial charge on any atom is -0.508 e. The van der Waals surface area contributed by atoms with E-state index in [4.69, 9.17) is 18.9 Å². The van der Waals surface area contributed by atoms with E-state index in [1.807, 2.05) is 0 Å². The molecule has 2 aromatic rings. The molecule has 0 bridgehead atoms. The van der Waals surface area contributed by atoms with E-state index in [9.17, 15) is 50.4 Å². The molecule has 0 aromatic heterocycles. The molecule has 4 rings (SSSR count). The first kappa shape index (κ1) is 50.3. The Bertz CT molecular complexity index is 1510. The number of rotatable bonds is 26. The molecule has 2 heterocycles. The van der Waals surface area contributed by atoms with Crippen molar-refractivity contribution in [3.05, 3.63) is 47.5 Å². The van der Waals surface area contributed by atoms with Crippen LogP contribution in [-0.4, -0.2) is 139 Å². The van der Waals surface area contributed by atoms with Crippen LogP contribution in [0.2, 0.25) is 0 Å². The summed E-state index contributed by atoms with van der Waals surface area (Å²) in [5.74, 6) is -1.51. The van der Waals surface area contributed by atoms with Gasteiger partial charge in [0, 0.05) is 23.3 Å². The number of aliphatic hydroxyl groups is 6. The highest BCUT2D eigenvalue weighted by Gasteiger charge is 2.51. The lowest BCUT2D eigenvalue weighted by Crippen LogP contribution is -2.66. The number of aliphatic hydroxyl groups excluding tert-OH is 6. The number of carbonyl (C=O) groups is 2. The molecular weight excluding hydrogens is 813 g/mol. The topological polar surface area (TPSA) is 257 Å². The molecule has 2 saturated heterocycles. The maximum atomic E-state index is 13.5. The Morgan fingerprint density at radius 3 is 1.28 bits per heavy atom. The molecule has 0 spiro atoms. The minimum atomic E-state index is -1.67. The van der Waals surface area contributed by atoms with Crippen LogP contribution in [0.25, 0.3) is 0 Å². The highest BCUT2D eigenvalue weighted by Crippen LogP contribution is 2.37. The van der Waals surface area contributed by atoms with Crippen LogP contribution in [0.15, 0.2) is 36.4 Å². The van der Waals surface area contributed by atoms with Crippen molar-refractivity contribution in [1.29, 1.82) is 0 Å². The maximum absolute atomic E-state index is 13.5. The van der Waals surface area contributed by atoms with Gasteiger partial charge in [-0.15, -0.1) is 0 Å². The van der Waals surface area contributed by atoms with E-state index in [1.54, 1.807) is 0 Å². The van der Waals surface area contributed by atoms with Gasteiger partial charge in [-0.05, 0) is 37.1 Å². The molecule has 2 fully saturated rings. The lowest BCUT2D eigenvalue weighted by Gasteiger charge is -2.46. The molecule has 2 aromatic carbocycles. The largest absolute Gasteiger partial charge is 0.508 e. The Labute approximate surface area is 363 Å². The molecule has 0 radical (unpaired) electrons. The quantitative estimate of drug-likeness (QED) is 0.0602. The van der Waals surface area contributed by atoms with Crippen LogP contribution in [0.5, 0.6) is 23.0 Å². The van der Waals surface area contributed by atoms with Crippen molar-refractivity contribution in [3.8, 4) is 23.0 Å². The second kappa shape index (κ2) is 26.3. The van der Waals surface area contributed by atoms with Crippen molar-refractivity contribution in [1.82, 2.24) is 10.6 Å². The smallest absolute Gasteiger partial charge is 0.251 e. The van der Waals surface area contributed by atoms with Crippen LogP contribution < -0.4 is 20.1 Å². The van der Waals surface area contributed by atoms with Crippen LogP contribution in [-0.2, 0) is 9.47 Å². The summed E-state index contributed by atoms with van der Waals surface area (Å²) < 4.78 is 23.2. The van der Waals surface area contributed by atoms with Crippen LogP contribution in [0.3, 0.4) is 0 Å². The SMILES string of the molecule is CCCCCCCCCOc1cc(O)cc(C(=O)N[C@H]2[C@@H](O)[C@@H](CO)OC(SC3O[C@H](CO)[C@H](O)[C@H](NC(=O)c4cc(O)cc(OCCCCCCCCC)c4)[C@H]3O)[C@@H]2O)c1. The second-order valence-electron chi connectivity index (χ2n) is 15.9. The Hall–Kier alpha value is -3.39. The van der Waals surface area contributed by atoms with Crippen LogP contribution in [0.1, 0.15) is 124 Å². The van der Waals surface area contributed by atoms with Gasteiger partial charge in [0.25, 0.3) is 11.8 Å². The zero-order chi connectivity index (χ0) is 44.3. The first-order chi connectivity index (χ1) is 29.4. The number of phenols is 2. The zero-order valence-electron chi connectivity index (χ0n) is 35.4. The summed E-state index contributed by atoms with van der Waals surface area (Å²) in [4.78, 5) is 27.0. The van der Waals surface area contributed by atoms with Crippen molar-refractivity contribution in [2.24, 2.45) is 0 Å². The number of ether oxygens (including phenoxy) is 4. The molecule has 0 aliphatic carbocycles. The molecule has 17 heteroatoms. The van der Waals surface area contributed by atoms with E-state index in [1.165, 1.54) is 74.9 Å². The standard InChI is InChI=1S/C44H68N2O14S/c1-3-5-7-9-11-13-15-17-57-31-21-27(19-29(49)23-31)41(55)45-35-37(51)33(25-47)59-43(39(35)53)61-44-40(54)36(38(52)34(26-48)60-44)46-42(56)28-20-30(50)24-32(22-28)58-18-16-14-12-10-8-6-4-2/h19-24,33-40,43-44,47-54H,3-18,25-26H2,1-2H3,(H,45,55)(H,46,56)/t33-,34-,35+,36+,37+,38+,39-,40-,43?,44?/m1/s1. The molecule has 344 valence electrons. The molecule has 16 nitrogen and oxygen atoms in total. The highest BCUT2D eigenvalue weighted by atomic mass is 32.2. The molecule has 10 atom stereocenters. The molecule has 2 amide bonds. The fourth-order valence-corrected chi connectivity index (χ4v) is 8.77. The Morgan fingerprint density at radius 2 is 0.918 bits per heavy atom. The van der Waals surface area contributed by atoms with Gasteiger partial charge in [-0.2, -0.15) is 0 Å².